The molecule has 1 amide bonds. The molecule has 0 bridgehead atoms. The summed E-state index contributed by atoms with van der Waals surface area (Å²) in [5, 5.41) is 5.60. The second kappa shape index (κ2) is 15.2. The minimum absolute atomic E-state index is 0.0292. The fourth-order valence-electron chi connectivity index (χ4n) is 3.94. The van der Waals surface area contributed by atoms with Gasteiger partial charge in [0.15, 0.2) is 0 Å². The Bertz CT molecular complexity index is 1880. The maximum Gasteiger partial charge on any atom is 0.343 e. The van der Waals surface area contributed by atoms with Gasteiger partial charge in [-0.25, -0.2) is 15.0 Å². The molecule has 0 radical (unpaired) electrons. The van der Waals surface area contributed by atoms with Crippen molar-refractivity contribution in [3.05, 3.63) is 158 Å². The number of carbonyl (C=O) groups excluding carboxylic acids is 3. The van der Waals surface area contributed by atoms with E-state index in [-0.39, 0.29) is 22.6 Å². The molecule has 5 aromatic carbocycles. The standard InChI is InChI=1S/C35H23Cl3N2O6/c36-27-10-1-22(2-11-27)21-44-30-16-7-23(8-17-30)33(41)40-39-20-26-9-18-31(45-34(42)24-3-12-28(37)13-4-24)19-32(26)46-35(43)25-5-14-29(38)15-6-25/h1-20H,21H2,(H,40,41). The van der Waals surface area contributed by atoms with Gasteiger partial charge in [-0.05, 0) is 103 Å². The molecule has 0 saturated carbocycles. The van der Waals surface area contributed by atoms with E-state index >= 15 is 0 Å². The van der Waals surface area contributed by atoms with Crippen LogP contribution >= 0.6 is 34.8 Å². The summed E-state index contributed by atoms with van der Waals surface area (Å²) in [5.41, 5.74) is 4.58. The number of nitrogens with one attached hydrogen (secondary N) is 1. The zero-order valence-corrected chi connectivity index (χ0v) is 26.1. The van der Waals surface area contributed by atoms with Gasteiger partial charge in [0.2, 0.25) is 0 Å². The molecule has 230 valence electrons. The van der Waals surface area contributed by atoms with Crippen molar-refractivity contribution < 1.29 is 28.6 Å². The van der Waals surface area contributed by atoms with Crippen molar-refractivity contribution in [2.24, 2.45) is 5.10 Å². The summed E-state index contributed by atoms with van der Waals surface area (Å²) < 4.78 is 16.9. The Kier molecular flexibility index (Phi) is 10.7. The van der Waals surface area contributed by atoms with Gasteiger partial charge < -0.3 is 14.2 Å². The fourth-order valence-corrected chi connectivity index (χ4v) is 4.32. The molecular formula is C35H23Cl3N2O6. The zero-order chi connectivity index (χ0) is 32.5. The third-order valence-corrected chi connectivity index (χ3v) is 7.12. The first kappa shape index (κ1) is 32.2. The Morgan fingerprint density at radius 2 is 1.11 bits per heavy atom. The first-order valence-corrected chi connectivity index (χ1v) is 14.8. The normalized spacial score (nSPS) is 10.8. The highest BCUT2D eigenvalue weighted by molar-refractivity contribution is 6.31. The van der Waals surface area contributed by atoms with Crippen LogP contribution in [-0.2, 0) is 6.61 Å². The highest BCUT2D eigenvalue weighted by Crippen LogP contribution is 2.26. The molecule has 0 aliphatic rings. The Hall–Kier alpha value is -5.15. The largest absolute Gasteiger partial charge is 0.489 e. The fraction of sp³-hybridized carbons (Fsp3) is 0.0286. The molecule has 1 N–H and O–H groups in total. The summed E-state index contributed by atoms with van der Waals surface area (Å²) >= 11 is 17.8. The Labute approximate surface area is 279 Å². The lowest BCUT2D eigenvalue weighted by atomic mass is 10.2. The van der Waals surface area contributed by atoms with E-state index in [2.05, 4.69) is 10.5 Å². The van der Waals surface area contributed by atoms with E-state index in [4.69, 9.17) is 49.0 Å². The van der Waals surface area contributed by atoms with Gasteiger partial charge in [0.05, 0.1) is 17.3 Å². The number of esters is 2. The smallest absolute Gasteiger partial charge is 0.343 e. The van der Waals surface area contributed by atoms with Crippen LogP contribution in [0.2, 0.25) is 15.1 Å². The number of hydrogen-bond donors (Lipinski definition) is 1. The van der Waals surface area contributed by atoms with Gasteiger partial charge in [-0.3, -0.25) is 4.79 Å². The molecule has 0 aliphatic heterocycles. The first-order valence-electron chi connectivity index (χ1n) is 13.6. The second-order valence-electron chi connectivity index (χ2n) is 9.63. The number of nitrogens with zero attached hydrogens (tertiary/aromatic N) is 1. The van der Waals surface area contributed by atoms with Crippen LogP contribution in [0.4, 0.5) is 0 Å². The van der Waals surface area contributed by atoms with Crippen molar-refractivity contribution in [3.63, 3.8) is 0 Å². The first-order chi connectivity index (χ1) is 22.2. The molecule has 0 atom stereocenters. The molecule has 0 spiro atoms. The summed E-state index contributed by atoms with van der Waals surface area (Å²) in [6.45, 7) is 0.344. The maximum atomic E-state index is 12.9. The molecule has 0 fully saturated rings. The third kappa shape index (κ3) is 8.95. The molecular weight excluding hydrogens is 651 g/mol. The van der Waals surface area contributed by atoms with Crippen LogP contribution in [0.3, 0.4) is 0 Å². The van der Waals surface area contributed by atoms with E-state index < -0.39 is 17.8 Å². The van der Waals surface area contributed by atoms with Gasteiger partial charge in [0.25, 0.3) is 5.91 Å². The van der Waals surface area contributed by atoms with Gasteiger partial charge in [-0.15, -0.1) is 0 Å². The van der Waals surface area contributed by atoms with Gasteiger partial charge in [0, 0.05) is 32.3 Å². The maximum absolute atomic E-state index is 12.9. The van der Waals surface area contributed by atoms with Gasteiger partial charge in [-0.2, -0.15) is 5.10 Å². The van der Waals surface area contributed by atoms with Crippen LogP contribution in [0.15, 0.2) is 120 Å². The van der Waals surface area contributed by atoms with Gasteiger partial charge in [-0.1, -0.05) is 46.9 Å². The topological polar surface area (TPSA) is 103 Å². The quantitative estimate of drug-likeness (QED) is 0.0691. The highest BCUT2D eigenvalue weighted by atomic mass is 35.5. The average Bonchev–Trinajstić information content (AvgIpc) is 3.06. The van der Waals surface area contributed by atoms with Crippen molar-refractivity contribution >= 4 is 58.9 Å². The predicted octanol–water partition coefficient (Wildman–Crippen LogP) is 8.43. The minimum Gasteiger partial charge on any atom is -0.489 e. The summed E-state index contributed by atoms with van der Waals surface area (Å²) in [4.78, 5) is 38.2. The second-order valence-corrected chi connectivity index (χ2v) is 10.9. The lowest BCUT2D eigenvalue weighted by Crippen LogP contribution is -2.17. The molecule has 0 heterocycles. The molecule has 46 heavy (non-hydrogen) atoms. The number of benzene rings is 5. The van der Waals surface area contributed by atoms with Crippen LogP contribution in [-0.4, -0.2) is 24.1 Å². The Balaban J connectivity index is 1.27. The van der Waals surface area contributed by atoms with Gasteiger partial charge in [0.1, 0.15) is 23.9 Å². The number of carbonyl (C=O) groups is 3. The third-order valence-electron chi connectivity index (χ3n) is 6.36. The number of halogens is 3. The number of ether oxygens (including phenoxy) is 3. The molecule has 0 aromatic heterocycles. The molecule has 0 aliphatic carbocycles. The van der Waals surface area contributed by atoms with Crippen molar-refractivity contribution in [1.29, 1.82) is 0 Å². The van der Waals surface area contributed by atoms with Crippen LogP contribution in [0.5, 0.6) is 17.2 Å². The molecule has 11 heteroatoms. The molecule has 5 aromatic rings. The summed E-state index contributed by atoms with van der Waals surface area (Å²) in [5.74, 6) is -1.08. The minimum atomic E-state index is -0.685. The summed E-state index contributed by atoms with van der Waals surface area (Å²) in [6.07, 6.45) is 1.30. The van der Waals surface area contributed by atoms with E-state index in [9.17, 15) is 14.4 Å². The summed E-state index contributed by atoms with van der Waals surface area (Å²) in [7, 11) is 0. The number of amides is 1. The van der Waals surface area contributed by atoms with Crippen LogP contribution < -0.4 is 19.6 Å². The number of rotatable bonds is 10. The molecule has 0 unspecified atom stereocenters. The number of hydrogen-bond acceptors (Lipinski definition) is 7. The molecule has 0 saturated heterocycles. The van der Waals surface area contributed by atoms with Crippen LogP contribution in [0, 0.1) is 0 Å². The van der Waals surface area contributed by atoms with Crippen molar-refractivity contribution in [2.45, 2.75) is 6.61 Å². The van der Waals surface area contributed by atoms with Crippen molar-refractivity contribution in [2.75, 3.05) is 0 Å². The van der Waals surface area contributed by atoms with Gasteiger partial charge >= 0.3 is 11.9 Å². The monoisotopic (exact) mass is 672 g/mol. The zero-order valence-electron chi connectivity index (χ0n) is 23.8. The highest BCUT2D eigenvalue weighted by Gasteiger charge is 2.15. The van der Waals surface area contributed by atoms with E-state index in [1.54, 1.807) is 60.7 Å². The van der Waals surface area contributed by atoms with E-state index in [0.29, 0.717) is 38.6 Å². The molecule has 5 rings (SSSR count). The van der Waals surface area contributed by atoms with E-state index in [1.165, 1.54) is 48.7 Å². The molecule has 8 nitrogen and oxygen atoms in total. The van der Waals surface area contributed by atoms with E-state index in [1.807, 2.05) is 12.1 Å². The SMILES string of the molecule is O=C(NN=Cc1ccc(OC(=O)c2ccc(Cl)cc2)cc1OC(=O)c1ccc(Cl)cc1)c1ccc(OCc2ccc(Cl)cc2)cc1. The Morgan fingerprint density at radius 3 is 1.70 bits per heavy atom. The lowest BCUT2D eigenvalue weighted by Gasteiger charge is -2.11. The van der Waals surface area contributed by atoms with Crippen LogP contribution in [0.25, 0.3) is 0 Å². The van der Waals surface area contributed by atoms with Crippen molar-refractivity contribution in [3.8, 4) is 17.2 Å². The summed E-state index contributed by atoms with van der Waals surface area (Å²) in [6, 6.07) is 30.6. The van der Waals surface area contributed by atoms with Crippen LogP contribution in [0.1, 0.15) is 42.2 Å². The number of hydrazone groups is 1. The lowest BCUT2D eigenvalue weighted by molar-refractivity contribution is 0.0732. The van der Waals surface area contributed by atoms with E-state index in [0.717, 1.165) is 5.56 Å². The average molecular weight is 674 g/mol. The van der Waals surface area contributed by atoms with Crippen molar-refractivity contribution in [1.82, 2.24) is 5.43 Å². The predicted molar refractivity (Wildman–Crippen MR) is 177 cm³/mol. The Morgan fingerprint density at radius 1 is 0.609 bits per heavy atom.